The molecule has 144 valence electrons. The summed E-state index contributed by atoms with van der Waals surface area (Å²) in [4.78, 5) is 12.1. The molecule has 1 amide bonds. The average molecular weight is 379 g/mol. The van der Waals surface area contributed by atoms with E-state index in [1.165, 1.54) is 0 Å². The molecule has 0 spiro atoms. The summed E-state index contributed by atoms with van der Waals surface area (Å²) in [6.07, 6.45) is 0.763. The topological polar surface area (TPSA) is 91.2 Å². The number of amides is 1. The molecule has 1 aromatic carbocycles. The number of nitrogens with zero attached hydrogens (tertiary/aromatic N) is 4. The minimum absolute atomic E-state index is 0.0169. The summed E-state index contributed by atoms with van der Waals surface area (Å²) in [7, 11) is 0. The van der Waals surface area contributed by atoms with Crippen molar-refractivity contribution in [3.05, 3.63) is 53.9 Å². The monoisotopic (exact) mass is 379 g/mol. The maximum Gasteiger partial charge on any atom is 0.238 e. The predicted molar refractivity (Wildman–Crippen MR) is 103 cm³/mol. The Bertz CT molecular complexity index is 961. The maximum absolute atomic E-state index is 12.1. The zero-order valence-electron chi connectivity index (χ0n) is 15.8. The van der Waals surface area contributed by atoms with Gasteiger partial charge in [-0.3, -0.25) is 4.79 Å². The van der Waals surface area contributed by atoms with Crippen molar-refractivity contribution >= 4 is 11.6 Å². The third-order valence-electron chi connectivity index (χ3n) is 4.50. The molecule has 1 aliphatic rings. The Morgan fingerprint density at radius 1 is 1.18 bits per heavy atom. The van der Waals surface area contributed by atoms with E-state index in [1.807, 2.05) is 19.9 Å². The summed E-state index contributed by atoms with van der Waals surface area (Å²) >= 11 is 0. The number of aromatic nitrogens is 4. The highest BCUT2D eigenvalue weighted by molar-refractivity contribution is 5.92. The lowest BCUT2D eigenvalue weighted by atomic mass is 10.1. The van der Waals surface area contributed by atoms with Gasteiger partial charge in [-0.2, -0.15) is 5.10 Å². The molecular weight excluding hydrogens is 358 g/mol. The van der Waals surface area contributed by atoms with Gasteiger partial charge in [0.1, 0.15) is 5.75 Å². The minimum atomic E-state index is -0.0769. The van der Waals surface area contributed by atoms with Crippen LogP contribution in [-0.2, 0) is 9.53 Å². The van der Waals surface area contributed by atoms with E-state index in [0.29, 0.717) is 30.7 Å². The standard InChI is InChI=1S/C20H21N5O3/c1-13-11-14(2)25(24-13)18-7-8-19(23-22-18)28-17-5-3-16(4-6-17)21-20(26)15-9-10-27-12-15/h3-8,11,15H,9-10,12H2,1-2H3,(H,21,26). The molecule has 28 heavy (non-hydrogen) atoms. The van der Waals surface area contributed by atoms with Gasteiger partial charge in [-0.05, 0) is 56.7 Å². The highest BCUT2D eigenvalue weighted by Gasteiger charge is 2.23. The number of carbonyl (C=O) groups excluding carboxylic acids is 1. The van der Waals surface area contributed by atoms with Crippen LogP contribution in [0.15, 0.2) is 42.5 Å². The Morgan fingerprint density at radius 2 is 2.00 bits per heavy atom. The SMILES string of the molecule is Cc1cc(C)n(-c2ccc(Oc3ccc(NC(=O)C4CCOC4)cc3)nn2)n1. The molecule has 0 saturated carbocycles. The summed E-state index contributed by atoms with van der Waals surface area (Å²) in [6, 6.07) is 12.7. The molecule has 0 bridgehead atoms. The lowest BCUT2D eigenvalue weighted by Crippen LogP contribution is -2.22. The summed E-state index contributed by atoms with van der Waals surface area (Å²) < 4.78 is 12.7. The van der Waals surface area contributed by atoms with Gasteiger partial charge in [-0.25, -0.2) is 4.68 Å². The molecule has 0 radical (unpaired) electrons. The number of aryl methyl sites for hydroxylation is 2. The molecule has 1 aliphatic heterocycles. The third kappa shape index (κ3) is 4.01. The zero-order chi connectivity index (χ0) is 19.5. The first kappa shape index (κ1) is 18.1. The number of anilines is 1. The van der Waals surface area contributed by atoms with Gasteiger partial charge in [0.2, 0.25) is 11.8 Å². The first-order valence-electron chi connectivity index (χ1n) is 9.12. The van der Waals surface area contributed by atoms with Crippen molar-refractivity contribution < 1.29 is 14.3 Å². The largest absolute Gasteiger partial charge is 0.438 e. The van der Waals surface area contributed by atoms with Crippen LogP contribution in [0.1, 0.15) is 17.8 Å². The van der Waals surface area contributed by atoms with E-state index in [-0.39, 0.29) is 11.8 Å². The fraction of sp³-hybridized carbons (Fsp3) is 0.300. The first-order chi connectivity index (χ1) is 13.6. The van der Waals surface area contributed by atoms with E-state index in [9.17, 15) is 4.79 Å². The molecule has 3 heterocycles. The molecule has 1 unspecified atom stereocenters. The van der Waals surface area contributed by atoms with Crippen molar-refractivity contribution in [1.29, 1.82) is 0 Å². The maximum atomic E-state index is 12.1. The van der Waals surface area contributed by atoms with Crippen LogP contribution in [0, 0.1) is 19.8 Å². The number of nitrogens with one attached hydrogen (secondary N) is 1. The highest BCUT2D eigenvalue weighted by Crippen LogP contribution is 2.23. The van der Waals surface area contributed by atoms with Crippen molar-refractivity contribution in [2.75, 3.05) is 18.5 Å². The molecule has 1 fully saturated rings. The lowest BCUT2D eigenvalue weighted by Gasteiger charge is -2.10. The Labute approximate surface area is 162 Å². The van der Waals surface area contributed by atoms with Crippen molar-refractivity contribution in [3.8, 4) is 17.4 Å². The molecule has 1 atom stereocenters. The highest BCUT2D eigenvalue weighted by atomic mass is 16.5. The Balaban J connectivity index is 1.39. The van der Waals surface area contributed by atoms with Crippen LogP contribution in [0.5, 0.6) is 11.6 Å². The number of ether oxygens (including phenoxy) is 2. The van der Waals surface area contributed by atoms with Crippen LogP contribution in [0.2, 0.25) is 0 Å². The second-order valence-electron chi connectivity index (χ2n) is 6.74. The van der Waals surface area contributed by atoms with E-state index >= 15 is 0 Å². The fourth-order valence-electron chi connectivity index (χ4n) is 3.05. The Morgan fingerprint density at radius 3 is 2.61 bits per heavy atom. The van der Waals surface area contributed by atoms with Gasteiger partial charge in [-0.15, -0.1) is 10.2 Å². The van der Waals surface area contributed by atoms with E-state index in [4.69, 9.17) is 9.47 Å². The number of hydrogen-bond acceptors (Lipinski definition) is 6. The van der Waals surface area contributed by atoms with Crippen molar-refractivity contribution in [1.82, 2.24) is 20.0 Å². The third-order valence-corrected chi connectivity index (χ3v) is 4.50. The zero-order valence-corrected chi connectivity index (χ0v) is 15.8. The minimum Gasteiger partial charge on any atom is -0.438 e. The fourth-order valence-corrected chi connectivity index (χ4v) is 3.05. The van der Waals surface area contributed by atoms with Gasteiger partial charge in [0.25, 0.3) is 0 Å². The Hall–Kier alpha value is -3.26. The first-order valence-corrected chi connectivity index (χ1v) is 9.12. The second-order valence-corrected chi connectivity index (χ2v) is 6.74. The summed E-state index contributed by atoms with van der Waals surface area (Å²) in [5.74, 6) is 1.52. The summed E-state index contributed by atoms with van der Waals surface area (Å²) in [5, 5.41) is 15.6. The Kier molecular flexibility index (Phi) is 5.03. The van der Waals surface area contributed by atoms with Gasteiger partial charge < -0.3 is 14.8 Å². The van der Waals surface area contributed by atoms with E-state index < -0.39 is 0 Å². The quantitative estimate of drug-likeness (QED) is 0.733. The van der Waals surface area contributed by atoms with Crippen molar-refractivity contribution in [3.63, 3.8) is 0 Å². The normalized spacial score (nSPS) is 16.1. The van der Waals surface area contributed by atoms with Crippen LogP contribution < -0.4 is 10.1 Å². The molecule has 4 rings (SSSR count). The van der Waals surface area contributed by atoms with Crippen LogP contribution in [0.3, 0.4) is 0 Å². The smallest absolute Gasteiger partial charge is 0.238 e. The molecular formula is C20H21N5O3. The summed E-state index contributed by atoms with van der Waals surface area (Å²) in [5.41, 5.74) is 2.63. The van der Waals surface area contributed by atoms with Gasteiger partial charge in [0.05, 0.1) is 18.2 Å². The van der Waals surface area contributed by atoms with Gasteiger partial charge in [-0.1, -0.05) is 0 Å². The molecule has 2 aromatic heterocycles. The van der Waals surface area contributed by atoms with Gasteiger partial charge in [0, 0.05) is 24.1 Å². The number of rotatable bonds is 5. The molecule has 8 nitrogen and oxygen atoms in total. The van der Waals surface area contributed by atoms with Crippen LogP contribution >= 0.6 is 0 Å². The van der Waals surface area contributed by atoms with E-state index in [1.54, 1.807) is 41.1 Å². The van der Waals surface area contributed by atoms with E-state index in [2.05, 4.69) is 20.6 Å². The molecule has 0 aliphatic carbocycles. The number of carbonyl (C=O) groups is 1. The molecule has 8 heteroatoms. The van der Waals surface area contributed by atoms with Crippen LogP contribution in [-0.4, -0.2) is 39.1 Å². The summed E-state index contributed by atoms with van der Waals surface area (Å²) in [6.45, 7) is 5.03. The van der Waals surface area contributed by atoms with Crippen molar-refractivity contribution in [2.45, 2.75) is 20.3 Å². The van der Waals surface area contributed by atoms with Gasteiger partial charge >= 0.3 is 0 Å². The van der Waals surface area contributed by atoms with Crippen LogP contribution in [0.25, 0.3) is 5.82 Å². The lowest BCUT2D eigenvalue weighted by molar-refractivity contribution is -0.119. The molecule has 3 aromatic rings. The van der Waals surface area contributed by atoms with E-state index in [0.717, 1.165) is 23.5 Å². The molecule has 1 N–H and O–H groups in total. The average Bonchev–Trinajstić information content (AvgIpc) is 3.34. The van der Waals surface area contributed by atoms with Crippen molar-refractivity contribution in [2.24, 2.45) is 5.92 Å². The number of hydrogen-bond donors (Lipinski definition) is 1. The second kappa shape index (κ2) is 7.77. The number of benzene rings is 1. The van der Waals surface area contributed by atoms with Crippen LogP contribution in [0.4, 0.5) is 5.69 Å². The molecule has 1 saturated heterocycles. The van der Waals surface area contributed by atoms with Gasteiger partial charge in [0.15, 0.2) is 5.82 Å². The predicted octanol–water partition coefficient (Wildman–Crippen LogP) is 3.05.